The number of methoxy groups -OCH3 is 1. The van der Waals surface area contributed by atoms with Crippen molar-refractivity contribution in [3.8, 4) is 17.3 Å². The molecule has 3 rings (SSSR count). The smallest absolute Gasteiger partial charge is 0.327 e. The number of ether oxygens (including phenoxy) is 1. The standard InChI is InChI=1S/C17H19F2N3O2/c1-24-16-21-13(11-6-3-2-4-7-11)14(22(16)15(20)23)12-8-5-9-17(18,19)10-12/h2-4,6-7,12H,5,8-10H2,1H3,(H2,20,23). The molecule has 0 radical (unpaired) electrons. The highest BCUT2D eigenvalue weighted by Crippen LogP contribution is 2.45. The van der Waals surface area contributed by atoms with Crippen LogP contribution in [0.3, 0.4) is 0 Å². The maximum Gasteiger partial charge on any atom is 0.327 e. The second-order valence-electron chi connectivity index (χ2n) is 6.02. The van der Waals surface area contributed by atoms with Crippen molar-refractivity contribution in [1.82, 2.24) is 9.55 Å². The molecule has 1 atom stereocenters. The Labute approximate surface area is 138 Å². The molecule has 1 saturated carbocycles. The summed E-state index contributed by atoms with van der Waals surface area (Å²) >= 11 is 0. The summed E-state index contributed by atoms with van der Waals surface area (Å²) < 4.78 is 34.1. The van der Waals surface area contributed by atoms with Gasteiger partial charge >= 0.3 is 12.0 Å². The molecule has 1 heterocycles. The van der Waals surface area contributed by atoms with Gasteiger partial charge in [-0.3, -0.25) is 0 Å². The van der Waals surface area contributed by atoms with Crippen LogP contribution in [0.1, 0.15) is 37.3 Å². The first-order valence-electron chi connectivity index (χ1n) is 7.82. The molecule has 2 aromatic rings. The lowest BCUT2D eigenvalue weighted by Crippen LogP contribution is -2.29. The van der Waals surface area contributed by atoms with Crippen LogP contribution >= 0.6 is 0 Å². The fraction of sp³-hybridized carbons (Fsp3) is 0.412. The summed E-state index contributed by atoms with van der Waals surface area (Å²) in [5.41, 5.74) is 7.08. The van der Waals surface area contributed by atoms with Gasteiger partial charge in [-0.1, -0.05) is 30.3 Å². The fourth-order valence-corrected chi connectivity index (χ4v) is 3.35. The predicted molar refractivity (Wildman–Crippen MR) is 85.4 cm³/mol. The topological polar surface area (TPSA) is 70.1 Å². The molecule has 1 aliphatic rings. The van der Waals surface area contributed by atoms with E-state index in [9.17, 15) is 13.6 Å². The lowest BCUT2D eigenvalue weighted by molar-refractivity contribution is -0.0413. The van der Waals surface area contributed by atoms with Crippen molar-refractivity contribution in [2.45, 2.75) is 37.5 Å². The van der Waals surface area contributed by atoms with Crippen LogP contribution < -0.4 is 10.5 Å². The molecule has 0 bridgehead atoms. The molecule has 1 fully saturated rings. The Balaban J connectivity index is 2.17. The minimum Gasteiger partial charge on any atom is -0.468 e. The van der Waals surface area contributed by atoms with Gasteiger partial charge in [0.15, 0.2) is 0 Å². The number of halogens is 2. The van der Waals surface area contributed by atoms with Gasteiger partial charge in [0.05, 0.1) is 18.5 Å². The molecular weight excluding hydrogens is 316 g/mol. The molecule has 128 valence electrons. The highest BCUT2D eigenvalue weighted by molar-refractivity contribution is 5.80. The summed E-state index contributed by atoms with van der Waals surface area (Å²) in [4.78, 5) is 16.3. The Morgan fingerprint density at radius 2 is 2.08 bits per heavy atom. The van der Waals surface area contributed by atoms with Gasteiger partial charge in [0, 0.05) is 24.3 Å². The summed E-state index contributed by atoms with van der Waals surface area (Å²) in [6.45, 7) is 0. The maximum absolute atomic E-state index is 13.9. The van der Waals surface area contributed by atoms with E-state index in [1.807, 2.05) is 30.3 Å². The number of aromatic nitrogens is 2. The van der Waals surface area contributed by atoms with Crippen molar-refractivity contribution < 1.29 is 18.3 Å². The van der Waals surface area contributed by atoms with Crippen LogP contribution in [0.4, 0.5) is 13.6 Å². The average molecular weight is 335 g/mol. The summed E-state index contributed by atoms with van der Waals surface area (Å²) in [5, 5.41) is 0. The number of rotatable bonds is 3. The monoisotopic (exact) mass is 335 g/mol. The fourth-order valence-electron chi connectivity index (χ4n) is 3.35. The number of carbonyl (C=O) groups excluding carboxylic acids is 1. The van der Waals surface area contributed by atoms with Crippen LogP contribution in [0, 0.1) is 0 Å². The van der Waals surface area contributed by atoms with Gasteiger partial charge in [0.1, 0.15) is 0 Å². The molecule has 7 heteroatoms. The molecule has 2 N–H and O–H groups in total. The van der Waals surface area contributed by atoms with E-state index in [1.54, 1.807) is 0 Å². The number of carbonyl (C=O) groups is 1. The SMILES string of the molecule is COc1nc(-c2ccccc2)c(C2CCCC(F)(F)C2)n1C(N)=O. The summed E-state index contributed by atoms with van der Waals surface area (Å²) in [5.74, 6) is -3.26. The average Bonchev–Trinajstić information content (AvgIpc) is 2.94. The lowest BCUT2D eigenvalue weighted by atomic mass is 9.83. The Kier molecular flexibility index (Phi) is 4.26. The van der Waals surface area contributed by atoms with Crippen molar-refractivity contribution in [2.24, 2.45) is 5.73 Å². The quantitative estimate of drug-likeness (QED) is 0.928. The maximum atomic E-state index is 13.9. The number of hydrogen-bond donors (Lipinski definition) is 1. The summed E-state index contributed by atoms with van der Waals surface area (Å²) in [6.07, 6.45) is 0.483. The highest BCUT2D eigenvalue weighted by atomic mass is 19.3. The zero-order valence-corrected chi connectivity index (χ0v) is 13.3. The van der Waals surface area contributed by atoms with Crippen LogP contribution in [0.2, 0.25) is 0 Å². The van der Waals surface area contributed by atoms with Crippen molar-refractivity contribution >= 4 is 6.03 Å². The molecule has 0 aliphatic heterocycles. The molecule has 1 aromatic heterocycles. The number of imidazole rings is 1. The van der Waals surface area contributed by atoms with Gasteiger partial charge in [-0.25, -0.2) is 18.1 Å². The molecule has 24 heavy (non-hydrogen) atoms. The third kappa shape index (κ3) is 2.98. The van der Waals surface area contributed by atoms with Gasteiger partial charge in [0.25, 0.3) is 0 Å². The summed E-state index contributed by atoms with van der Waals surface area (Å²) in [7, 11) is 1.37. The van der Waals surface area contributed by atoms with E-state index in [2.05, 4.69) is 4.98 Å². The normalized spacial score (nSPS) is 19.9. The van der Waals surface area contributed by atoms with E-state index >= 15 is 0 Å². The number of benzene rings is 1. The van der Waals surface area contributed by atoms with Gasteiger partial charge < -0.3 is 10.5 Å². The minimum atomic E-state index is -2.75. The third-order valence-corrected chi connectivity index (χ3v) is 4.36. The first-order chi connectivity index (χ1) is 11.4. The van der Waals surface area contributed by atoms with Crippen LogP contribution in [0.25, 0.3) is 11.3 Å². The van der Waals surface area contributed by atoms with E-state index in [0.29, 0.717) is 24.2 Å². The largest absolute Gasteiger partial charge is 0.468 e. The van der Waals surface area contributed by atoms with Crippen molar-refractivity contribution in [2.75, 3.05) is 7.11 Å². The number of nitrogens with zero attached hydrogens (tertiary/aromatic N) is 2. The first kappa shape index (κ1) is 16.4. The van der Waals surface area contributed by atoms with Crippen LogP contribution in [0.15, 0.2) is 30.3 Å². The predicted octanol–water partition coefficient (Wildman–Crippen LogP) is 3.78. The Hall–Kier alpha value is -2.44. The zero-order chi connectivity index (χ0) is 17.3. The number of amides is 1. The van der Waals surface area contributed by atoms with Gasteiger partial charge in [-0.2, -0.15) is 4.98 Å². The van der Waals surface area contributed by atoms with Gasteiger partial charge in [-0.15, -0.1) is 0 Å². The molecule has 1 amide bonds. The molecule has 1 unspecified atom stereocenters. The molecule has 0 spiro atoms. The van der Waals surface area contributed by atoms with Crippen molar-refractivity contribution in [1.29, 1.82) is 0 Å². The Morgan fingerprint density at radius 3 is 2.67 bits per heavy atom. The highest BCUT2D eigenvalue weighted by Gasteiger charge is 2.40. The molecular formula is C17H19F2N3O2. The van der Waals surface area contributed by atoms with E-state index in [0.717, 1.165) is 10.1 Å². The second kappa shape index (κ2) is 6.22. The van der Waals surface area contributed by atoms with E-state index in [1.165, 1.54) is 7.11 Å². The van der Waals surface area contributed by atoms with Gasteiger partial charge in [0.2, 0.25) is 5.92 Å². The lowest BCUT2D eigenvalue weighted by Gasteiger charge is -2.29. The van der Waals surface area contributed by atoms with Crippen LogP contribution in [0.5, 0.6) is 6.01 Å². The van der Waals surface area contributed by atoms with Crippen LogP contribution in [-0.4, -0.2) is 28.6 Å². The van der Waals surface area contributed by atoms with E-state index in [4.69, 9.17) is 10.5 Å². The minimum absolute atomic E-state index is 0.0187. The van der Waals surface area contributed by atoms with Crippen molar-refractivity contribution in [3.63, 3.8) is 0 Å². The second-order valence-corrected chi connectivity index (χ2v) is 6.02. The van der Waals surface area contributed by atoms with E-state index in [-0.39, 0.29) is 18.9 Å². The number of alkyl halides is 2. The van der Waals surface area contributed by atoms with Crippen LogP contribution in [-0.2, 0) is 0 Å². The molecule has 5 nitrogen and oxygen atoms in total. The van der Waals surface area contributed by atoms with Gasteiger partial charge in [-0.05, 0) is 12.8 Å². The zero-order valence-electron chi connectivity index (χ0n) is 13.3. The van der Waals surface area contributed by atoms with E-state index < -0.39 is 17.9 Å². The molecule has 1 aromatic carbocycles. The Bertz CT molecular complexity index is 744. The van der Waals surface area contributed by atoms with Crippen molar-refractivity contribution in [3.05, 3.63) is 36.0 Å². The number of primary amides is 1. The third-order valence-electron chi connectivity index (χ3n) is 4.36. The number of nitrogens with two attached hydrogens (primary N) is 1. The first-order valence-corrected chi connectivity index (χ1v) is 7.82. The number of hydrogen-bond acceptors (Lipinski definition) is 3. The summed E-state index contributed by atoms with van der Waals surface area (Å²) in [6, 6.07) is 8.36. The Morgan fingerprint density at radius 1 is 1.38 bits per heavy atom. The molecule has 1 aliphatic carbocycles. The molecule has 0 saturated heterocycles.